The summed E-state index contributed by atoms with van der Waals surface area (Å²) < 4.78 is 10.6. The van der Waals surface area contributed by atoms with Gasteiger partial charge in [0.2, 0.25) is 5.91 Å². The number of nitrogens with one attached hydrogen (secondary N) is 1. The van der Waals surface area contributed by atoms with Gasteiger partial charge in [0.25, 0.3) is 5.91 Å². The Labute approximate surface area is 180 Å². The molecule has 2 aromatic heterocycles. The number of benzene rings is 1. The molecule has 0 saturated carbocycles. The predicted molar refractivity (Wildman–Crippen MR) is 114 cm³/mol. The smallest absolute Gasteiger partial charge is 0.273 e. The first-order chi connectivity index (χ1) is 15.1. The monoisotopic (exact) mass is 420 g/mol. The number of aromatic nitrogens is 2. The molecule has 1 saturated heterocycles. The molecule has 0 spiro atoms. The quantitative estimate of drug-likeness (QED) is 0.659. The second-order valence-electron chi connectivity index (χ2n) is 7.44. The van der Waals surface area contributed by atoms with Gasteiger partial charge in [-0.1, -0.05) is 23.4 Å². The summed E-state index contributed by atoms with van der Waals surface area (Å²) in [5.41, 5.74) is 1.87. The van der Waals surface area contributed by atoms with E-state index in [1.807, 2.05) is 35.2 Å². The Bertz CT molecular complexity index is 1040. The number of amides is 2. The van der Waals surface area contributed by atoms with Crippen molar-refractivity contribution in [1.82, 2.24) is 20.4 Å². The SMILES string of the molecule is COc1ccccc1CC(=O)N1CCC(NC(=O)c2cc(-c3cccnc3)on2)CC1. The van der Waals surface area contributed by atoms with Crippen molar-refractivity contribution in [3.63, 3.8) is 0 Å². The predicted octanol–water partition coefficient (Wildman–Crippen LogP) is 2.71. The Morgan fingerprint density at radius 2 is 2.00 bits per heavy atom. The summed E-state index contributed by atoms with van der Waals surface area (Å²) in [5.74, 6) is 0.996. The number of para-hydroxylation sites is 1. The number of piperidine rings is 1. The molecular weight excluding hydrogens is 396 g/mol. The Hall–Kier alpha value is -3.68. The third kappa shape index (κ3) is 4.91. The van der Waals surface area contributed by atoms with Crippen molar-refractivity contribution >= 4 is 11.8 Å². The summed E-state index contributed by atoms with van der Waals surface area (Å²) in [6, 6.07) is 12.8. The van der Waals surface area contributed by atoms with E-state index in [4.69, 9.17) is 9.26 Å². The second-order valence-corrected chi connectivity index (χ2v) is 7.44. The number of pyridine rings is 1. The molecule has 2 amide bonds. The van der Waals surface area contributed by atoms with Gasteiger partial charge in [0.1, 0.15) is 5.75 Å². The molecule has 1 aliphatic heterocycles. The maximum atomic E-state index is 12.7. The second kappa shape index (κ2) is 9.42. The van der Waals surface area contributed by atoms with Gasteiger partial charge >= 0.3 is 0 Å². The average Bonchev–Trinajstić information content (AvgIpc) is 3.31. The highest BCUT2D eigenvalue weighted by atomic mass is 16.5. The molecule has 1 N–H and O–H groups in total. The topological polar surface area (TPSA) is 97.6 Å². The van der Waals surface area contributed by atoms with Gasteiger partial charge in [-0.3, -0.25) is 14.6 Å². The van der Waals surface area contributed by atoms with Crippen LogP contribution in [0.5, 0.6) is 5.75 Å². The summed E-state index contributed by atoms with van der Waals surface area (Å²) in [6.45, 7) is 1.19. The van der Waals surface area contributed by atoms with E-state index in [9.17, 15) is 9.59 Å². The molecule has 8 nitrogen and oxygen atoms in total. The maximum Gasteiger partial charge on any atom is 0.273 e. The lowest BCUT2D eigenvalue weighted by Gasteiger charge is -2.32. The zero-order chi connectivity index (χ0) is 21.6. The van der Waals surface area contributed by atoms with E-state index in [1.54, 1.807) is 31.6 Å². The molecule has 3 heterocycles. The highest BCUT2D eigenvalue weighted by Crippen LogP contribution is 2.21. The van der Waals surface area contributed by atoms with E-state index in [1.165, 1.54) is 0 Å². The van der Waals surface area contributed by atoms with E-state index in [0.29, 0.717) is 38.1 Å². The number of methoxy groups -OCH3 is 1. The van der Waals surface area contributed by atoms with E-state index in [-0.39, 0.29) is 23.6 Å². The third-order valence-corrected chi connectivity index (χ3v) is 5.41. The lowest BCUT2D eigenvalue weighted by molar-refractivity contribution is -0.131. The van der Waals surface area contributed by atoms with Gasteiger partial charge in [-0.25, -0.2) is 0 Å². The number of likely N-dealkylation sites (tertiary alicyclic amines) is 1. The van der Waals surface area contributed by atoms with Crippen LogP contribution < -0.4 is 10.1 Å². The van der Waals surface area contributed by atoms with Crippen molar-refractivity contribution in [2.45, 2.75) is 25.3 Å². The lowest BCUT2D eigenvalue weighted by atomic mass is 10.0. The van der Waals surface area contributed by atoms with Crippen molar-refractivity contribution in [2.75, 3.05) is 20.2 Å². The fourth-order valence-corrected chi connectivity index (χ4v) is 3.68. The molecule has 3 aromatic rings. The first kappa shape index (κ1) is 20.6. The van der Waals surface area contributed by atoms with Gasteiger partial charge in [0.15, 0.2) is 11.5 Å². The molecule has 1 aliphatic rings. The summed E-state index contributed by atoms with van der Waals surface area (Å²) in [5, 5.41) is 6.87. The Balaban J connectivity index is 1.29. The minimum atomic E-state index is -0.280. The van der Waals surface area contributed by atoms with Crippen LogP contribution in [0.25, 0.3) is 11.3 Å². The van der Waals surface area contributed by atoms with E-state index < -0.39 is 0 Å². The minimum absolute atomic E-state index is 0.0126. The summed E-state index contributed by atoms with van der Waals surface area (Å²) in [6.07, 6.45) is 5.01. The number of ether oxygens (including phenoxy) is 1. The third-order valence-electron chi connectivity index (χ3n) is 5.41. The molecule has 0 bridgehead atoms. The minimum Gasteiger partial charge on any atom is -0.496 e. The van der Waals surface area contributed by atoms with Crippen LogP contribution in [0.15, 0.2) is 59.4 Å². The Morgan fingerprint density at radius 3 is 2.74 bits per heavy atom. The van der Waals surface area contributed by atoms with Crippen molar-refractivity contribution in [1.29, 1.82) is 0 Å². The Kier molecular flexibility index (Phi) is 6.26. The van der Waals surface area contributed by atoms with Crippen LogP contribution in [0.4, 0.5) is 0 Å². The molecular formula is C23H24N4O4. The lowest BCUT2D eigenvalue weighted by Crippen LogP contribution is -2.47. The molecule has 31 heavy (non-hydrogen) atoms. The molecule has 160 valence electrons. The van der Waals surface area contributed by atoms with Crippen LogP contribution >= 0.6 is 0 Å². The number of hydrogen-bond acceptors (Lipinski definition) is 6. The first-order valence-corrected chi connectivity index (χ1v) is 10.2. The van der Waals surface area contributed by atoms with Gasteiger partial charge in [-0.15, -0.1) is 0 Å². The van der Waals surface area contributed by atoms with Crippen LogP contribution in [-0.4, -0.2) is 53.1 Å². The number of hydrogen-bond donors (Lipinski definition) is 1. The van der Waals surface area contributed by atoms with Crippen molar-refractivity contribution in [3.8, 4) is 17.1 Å². The Morgan fingerprint density at radius 1 is 1.19 bits per heavy atom. The number of carbonyl (C=O) groups excluding carboxylic acids is 2. The highest BCUT2D eigenvalue weighted by molar-refractivity contribution is 5.93. The van der Waals surface area contributed by atoms with Crippen LogP contribution in [0, 0.1) is 0 Å². The molecule has 1 aromatic carbocycles. The van der Waals surface area contributed by atoms with Crippen LogP contribution in [0.2, 0.25) is 0 Å². The van der Waals surface area contributed by atoms with E-state index in [2.05, 4.69) is 15.5 Å². The van der Waals surface area contributed by atoms with Crippen molar-refractivity contribution in [3.05, 3.63) is 66.1 Å². The van der Waals surface area contributed by atoms with Gasteiger partial charge in [-0.2, -0.15) is 0 Å². The van der Waals surface area contributed by atoms with Gasteiger partial charge < -0.3 is 19.5 Å². The van der Waals surface area contributed by atoms with Crippen molar-refractivity contribution < 1.29 is 18.8 Å². The van der Waals surface area contributed by atoms with Crippen molar-refractivity contribution in [2.24, 2.45) is 0 Å². The van der Waals surface area contributed by atoms with Crippen LogP contribution in [0.1, 0.15) is 28.9 Å². The largest absolute Gasteiger partial charge is 0.496 e. The van der Waals surface area contributed by atoms with Gasteiger partial charge in [0, 0.05) is 48.7 Å². The van der Waals surface area contributed by atoms with Crippen LogP contribution in [0.3, 0.4) is 0 Å². The van der Waals surface area contributed by atoms with Gasteiger partial charge in [0.05, 0.1) is 13.5 Å². The zero-order valence-corrected chi connectivity index (χ0v) is 17.3. The maximum absolute atomic E-state index is 12.7. The standard InChI is InChI=1S/C23H24N4O4/c1-30-20-7-3-2-5-16(20)13-22(28)27-11-8-18(9-12-27)25-23(29)19-14-21(31-26-19)17-6-4-10-24-15-17/h2-7,10,14-15,18H,8-9,11-13H2,1H3,(H,25,29). The summed E-state index contributed by atoms with van der Waals surface area (Å²) in [7, 11) is 1.60. The van der Waals surface area contributed by atoms with E-state index >= 15 is 0 Å². The molecule has 1 fully saturated rings. The summed E-state index contributed by atoms with van der Waals surface area (Å²) in [4.78, 5) is 31.1. The normalized spacial score (nSPS) is 14.3. The average molecular weight is 420 g/mol. The molecule has 0 aliphatic carbocycles. The highest BCUT2D eigenvalue weighted by Gasteiger charge is 2.25. The molecule has 0 radical (unpaired) electrons. The fourth-order valence-electron chi connectivity index (χ4n) is 3.68. The van der Waals surface area contributed by atoms with Gasteiger partial charge in [-0.05, 0) is 31.0 Å². The summed E-state index contributed by atoms with van der Waals surface area (Å²) >= 11 is 0. The number of rotatable bonds is 6. The molecule has 0 atom stereocenters. The molecule has 0 unspecified atom stereocenters. The number of nitrogens with zero attached hydrogens (tertiary/aromatic N) is 3. The molecule has 4 rings (SSSR count). The number of carbonyl (C=O) groups is 2. The molecule has 8 heteroatoms. The zero-order valence-electron chi connectivity index (χ0n) is 17.3. The first-order valence-electron chi connectivity index (χ1n) is 10.2. The van der Waals surface area contributed by atoms with E-state index in [0.717, 1.165) is 16.9 Å². The van der Waals surface area contributed by atoms with Crippen LogP contribution in [-0.2, 0) is 11.2 Å². The fraction of sp³-hybridized carbons (Fsp3) is 0.304.